The smallest absolute Gasteiger partial charge is 0.181 e. The molecule has 0 atom stereocenters. The number of hydrogen-bond acceptors (Lipinski definition) is 4. The Balaban J connectivity index is 2.50. The molecule has 19 heavy (non-hydrogen) atoms. The van der Waals surface area contributed by atoms with Crippen LogP contribution in [0.15, 0.2) is 6.07 Å². The van der Waals surface area contributed by atoms with Crippen LogP contribution in [0.5, 0.6) is 5.75 Å². The highest BCUT2D eigenvalue weighted by Crippen LogP contribution is 2.32. The first kappa shape index (κ1) is 13.5. The van der Waals surface area contributed by atoms with E-state index in [0.717, 1.165) is 39.7 Å². The van der Waals surface area contributed by atoms with E-state index in [1.165, 1.54) is 0 Å². The zero-order valence-corrected chi connectivity index (χ0v) is 11.9. The normalized spacial score (nSPS) is 10.8. The minimum atomic E-state index is 0.564. The fraction of sp³-hybridized carbons (Fsp3) is 0.429. The molecule has 0 radical (unpaired) electrons. The fourth-order valence-electron chi connectivity index (χ4n) is 2.27. The van der Waals surface area contributed by atoms with E-state index >= 15 is 0 Å². The standard InChI is InChI=1S/C14H20N4O/c1-8-7-11(9(2)10(3)13(8)19-4)14-16-12(5-6-15)17-18-14/h7H,5-6,15H2,1-4H3,(H,16,17,18). The lowest BCUT2D eigenvalue weighted by Crippen LogP contribution is -2.04. The van der Waals surface area contributed by atoms with Crippen LogP contribution >= 0.6 is 0 Å². The van der Waals surface area contributed by atoms with E-state index in [1.54, 1.807) is 7.11 Å². The van der Waals surface area contributed by atoms with Gasteiger partial charge in [0, 0.05) is 12.0 Å². The Bertz CT molecular complexity index is 589. The summed E-state index contributed by atoms with van der Waals surface area (Å²) in [6.45, 7) is 6.71. The van der Waals surface area contributed by atoms with Crippen molar-refractivity contribution in [3.05, 3.63) is 28.6 Å². The maximum Gasteiger partial charge on any atom is 0.181 e. The molecule has 0 amide bonds. The topological polar surface area (TPSA) is 76.8 Å². The Morgan fingerprint density at radius 3 is 2.63 bits per heavy atom. The van der Waals surface area contributed by atoms with Crippen molar-refractivity contribution in [3.8, 4) is 17.1 Å². The van der Waals surface area contributed by atoms with Crippen molar-refractivity contribution in [2.45, 2.75) is 27.2 Å². The van der Waals surface area contributed by atoms with Crippen LogP contribution in [0.2, 0.25) is 0 Å². The van der Waals surface area contributed by atoms with E-state index in [1.807, 2.05) is 6.92 Å². The number of nitrogens with two attached hydrogens (primary N) is 1. The minimum absolute atomic E-state index is 0.564. The zero-order valence-electron chi connectivity index (χ0n) is 11.9. The molecule has 0 aliphatic heterocycles. The minimum Gasteiger partial charge on any atom is -0.496 e. The predicted octanol–water partition coefficient (Wildman–Crippen LogP) is 1.91. The number of nitrogens with zero attached hydrogens (tertiary/aromatic N) is 2. The third-order valence-corrected chi connectivity index (χ3v) is 3.38. The average molecular weight is 260 g/mol. The molecule has 0 aliphatic rings. The van der Waals surface area contributed by atoms with E-state index in [4.69, 9.17) is 10.5 Å². The first-order valence-electron chi connectivity index (χ1n) is 6.35. The molecule has 5 heteroatoms. The van der Waals surface area contributed by atoms with E-state index < -0.39 is 0 Å². The number of rotatable bonds is 4. The van der Waals surface area contributed by atoms with Gasteiger partial charge in [-0.1, -0.05) is 0 Å². The van der Waals surface area contributed by atoms with E-state index in [9.17, 15) is 0 Å². The lowest BCUT2D eigenvalue weighted by Gasteiger charge is -2.13. The van der Waals surface area contributed by atoms with Gasteiger partial charge in [-0.3, -0.25) is 5.10 Å². The fourth-order valence-corrected chi connectivity index (χ4v) is 2.27. The molecular weight excluding hydrogens is 240 g/mol. The van der Waals surface area contributed by atoms with Gasteiger partial charge in [0.1, 0.15) is 11.6 Å². The molecule has 0 bridgehead atoms. The summed E-state index contributed by atoms with van der Waals surface area (Å²) in [5.74, 6) is 2.47. The van der Waals surface area contributed by atoms with Crippen LogP contribution in [-0.2, 0) is 6.42 Å². The molecule has 1 aromatic carbocycles. The van der Waals surface area contributed by atoms with Gasteiger partial charge >= 0.3 is 0 Å². The SMILES string of the molecule is COc1c(C)cc(-c2n[nH]c(CCN)n2)c(C)c1C. The Hall–Kier alpha value is -1.88. The third kappa shape index (κ3) is 2.46. The quantitative estimate of drug-likeness (QED) is 0.880. The van der Waals surface area contributed by atoms with E-state index in [-0.39, 0.29) is 0 Å². The van der Waals surface area contributed by atoms with Gasteiger partial charge in [-0.25, -0.2) is 4.98 Å². The number of aryl methyl sites for hydroxylation is 1. The van der Waals surface area contributed by atoms with Crippen LogP contribution in [0.3, 0.4) is 0 Å². The van der Waals surface area contributed by atoms with Gasteiger partial charge in [-0.15, -0.1) is 0 Å². The Labute approximate surface area is 113 Å². The van der Waals surface area contributed by atoms with Crippen molar-refractivity contribution < 1.29 is 4.74 Å². The molecule has 0 saturated carbocycles. The van der Waals surface area contributed by atoms with E-state index in [0.29, 0.717) is 13.0 Å². The van der Waals surface area contributed by atoms with Crippen molar-refractivity contribution in [1.29, 1.82) is 0 Å². The Morgan fingerprint density at radius 2 is 2.00 bits per heavy atom. The Kier molecular flexibility index (Phi) is 3.85. The molecule has 1 aromatic heterocycles. The molecule has 2 aromatic rings. The molecule has 5 nitrogen and oxygen atoms in total. The summed E-state index contributed by atoms with van der Waals surface area (Å²) in [5, 5.41) is 7.20. The maximum absolute atomic E-state index is 5.52. The monoisotopic (exact) mass is 260 g/mol. The van der Waals surface area contributed by atoms with Gasteiger partial charge in [-0.2, -0.15) is 5.10 Å². The molecule has 0 spiro atoms. The second-order valence-corrected chi connectivity index (χ2v) is 4.67. The second kappa shape index (κ2) is 5.40. The summed E-state index contributed by atoms with van der Waals surface area (Å²) < 4.78 is 5.43. The lowest BCUT2D eigenvalue weighted by molar-refractivity contribution is 0.408. The lowest BCUT2D eigenvalue weighted by atomic mass is 9.98. The first-order valence-corrected chi connectivity index (χ1v) is 6.35. The van der Waals surface area contributed by atoms with Gasteiger partial charge < -0.3 is 10.5 Å². The van der Waals surface area contributed by atoms with Crippen molar-refractivity contribution >= 4 is 0 Å². The van der Waals surface area contributed by atoms with Crippen LogP contribution in [0, 0.1) is 20.8 Å². The molecule has 1 heterocycles. The number of nitrogens with one attached hydrogen (secondary N) is 1. The van der Waals surface area contributed by atoms with Gasteiger partial charge in [-0.05, 0) is 50.1 Å². The van der Waals surface area contributed by atoms with Gasteiger partial charge in [0.25, 0.3) is 0 Å². The van der Waals surface area contributed by atoms with Gasteiger partial charge in [0.15, 0.2) is 5.82 Å². The number of hydrogen-bond donors (Lipinski definition) is 2. The van der Waals surface area contributed by atoms with Crippen LogP contribution in [0.4, 0.5) is 0 Å². The number of benzene rings is 1. The molecule has 102 valence electrons. The molecule has 0 unspecified atom stereocenters. The zero-order chi connectivity index (χ0) is 14.0. The average Bonchev–Trinajstić information content (AvgIpc) is 2.83. The highest BCUT2D eigenvalue weighted by molar-refractivity contribution is 5.66. The molecule has 0 fully saturated rings. The Morgan fingerprint density at radius 1 is 1.26 bits per heavy atom. The van der Waals surface area contributed by atoms with Crippen molar-refractivity contribution in [3.63, 3.8) is 0 Å². The summed E-state index contributed by atoms with van der Waals surface area (Å²) in [4.78, 5) is 4.48. The summed E-state index contributed by atoms with van der Waals surface area (Å²) in [7, 11) is 1.70. The van der Waals surface area contributed by atoms with Crippen LogP contribution in [-0.4, -0.2) is 28.8 Å². The largest absolute Gasteiger partial charge is 0.496 e. The summed E-state index contributed by atoms with van der Waals surface area (Å²) >= 11 is 0. The number of H-pyrrole nitrogens is 1. The maximum atomic E-state index is 5.52. The van der Waals surface area contributed by atoms with Gasteiger partial charge in [0.2, 0.25) is 0 Å². The van der Waals surface area contributed by atoms with E-state index in [2.05, 4.69) is 35.1 Å². The third-order valence-electron chi connectivity index (χ3n) is 3.38. The second-order valence-electron chi connectivity index (χ2n) is 4.67. The molecule has 2 rings (SSSR count). The summed E-state index contributed by atoms with van der Waals surface area (Å²) in [6, 6.07) is 2.07. The van der Waals surface area contributed by atoms with Gasteiger partial charge in [0.05, 0.1) is 7.11 Å². The highest BCUT2D eigenvalue weighted by Gasteiger charge is 2.15. The molecule has 0 aliphatic carbocycles. The number of methoxy groups -OCH3 is 1. The van der Waals surface area contributed by atoms with Crippen molar-refractivity contribution in [2.75, 3.05) is 13.7 Å². The first-order chi connectivity index (χ1) is 9.08. The number of aromatic amines is 1. The van der Waals surface area contributed by atoms with Crippen molar-refractivity contribution in [2.24, 2.45) is 5.73 Å². The molecule has 0 saturated heterocycles. The molecule has 3 N–H and O–H groups in total. The predicted molar refractivity (Wildman–Crippen MR) is 75.3 cm³/mol. The summed E-state index contributed by atoms with van der Waals surface area (Å²) in [6.07, 6.45) is 0.708. The number of ether oxygens (including phenoxy) is 1. The highest BCUT2D eigenvalue weighted by atomic mass is 16.5. The number of aromatic nitrogens is 3. The van der Waals surface area contributed by atoms with Crippen LogP contribution in [0.25, 0.3) is 11.4 Å². The molecular formula is C14H20N4O. The van der Waals surface area contributed by atoms with Crippen LogP contribution in [0.1, 0.15) is 22.5 Å². The summed E-state index contributed by atoms with van der Waals surface area (Å²) in [5.41, 5.74) is 9.91. The van der Waals surface area contributed by atoms with Crippen molar-refractivity contribution in [1.82, 2.24) is 15.2 Å². The van der Waals surface area contributed by atoms with Crippen LogP contribution < -0.4 is 10.5 Å².